The van der Waals surface area contributed by atoms with Crippen LogP contribution in [0.3, 0.4) is 0 Å². The van der Waals surface area contributed by atoms with E-state index in [-0.39, 0.29) is 24.3 Å². The Balaban J connectivity index is 1.61. The Bertz CT molecular complexity index is 1370. The minimum Gasteiger partial charge on any atom is -0.329 e. The Morgan fingerprint density at radius 3 is 2.11 bits per heavy atom. The molecular weight excluding hydrogens is 484 g/mol. The number of hydrogen-bond donors (Lipinski definition) is 1. The van der Waals surface area contributed by atoms with E-state index in [1.54, 1.807) is 29.2 Å². The predicted molar refractivity (Wildman–Crippen MR) is 149 cm³/mol. The van der Waals surface area contributed by atoms with Crippen LogP contribution in [0, 0.1) is 19.8 Å². The maximum absolute atomic E-state index is 13.2. The average molecular weight is 515 g/mol. The number of imidazole rings is 1. The number of carbonyl (C=O) groups is 2. The van der Waals surface area contributed by atoms with E-state index in [1.165, 1.54) is 0 Å². The molecule has 1 heterocycles. The molecule has 0 atom stereocenters. The van der Waals surface area contributed by atoms with Crippen molar-refractivity contribution in [1.82, 2.24) is 14.5 Å². The second-order valence-electron chi connectivity index (χ2n) is 9.66. The number of carbonyl (C=O) groups excluding carboxylic acids is 2. The second-order valence-corrected chi connectivity index (χ2v) is 10.1. The van der Waals surface area contributed by atoms with Gasteiger partial charge >= 0.3 is 0 Å². The van der Waals surface area contributed by atoms with E-state index in [0.717, 1.165) is 22.4 Å². The third-order valence-electron chi connectivity index (χ3n) is 5.92. The first kappa shape index (κ1) is 26.2. The van der Waals surface area contributed by atoms with E-state index in [2.05, 4.69) is 5.32 Å². The van der Waals surface area contributed by atoms with Crippen LogP contribution >= 0.6 is 11.6 Å². The molecule has 0 fully saturated rings. The Hall–Kier alpha value is -3.90. The van der Waals surface area contributed by atoms with Crippen molar-refractivity contribution in [3.05, 3.63) is 101 Å². The largest absolute Gasteiger partial charge is 0.329 e. The highest BCUT2D eigenvalue weighted by Gasteiger charge is 2.22. The normalized spacial score (nSPS) is 11.0. The lowest BCUT2D eigenvalue weighted by Gasteiger charge is -2.24. The highest BCUT2D eigenvalue weighted by atomic mass is 35.5. The molecule has 2 amide bonds. The zero-order valence-corrected chi connectivity index (χ0v) is 22.3. The van der Waals surface area contributed by atoms with Crippen molar-refractivity contribution >= 4 is 29.4 Å². The summed E-state index contributed by atoms with van der Waals surface area (Å²) in [4.78, 5) is 32.8. The fraction of sp³-hybridized carbons (Fsp3) is 0.233. The van der Waals surface area contributed by atoms with Gasteiger partial charge in [0.15, 0.2) is 0 Å². The van der Waals surface area contributed by atoms with Crippen LogP contribution in [0.15, 0.2) is 79.0 Å². The smallest absolute Gasteiger partial charge is 0.254 e. The number of halogens is 1. The minimum absolute atomic E-state index is 0.0814. The van der Waals surface area contributed by atoms with Crippen molar-refractivity contribution in [2.45, 2.75) is 27.7 Å². The standard InChI is InChI=1S/C30H31ClN4O2/c1-20(2)17-34(29(37)24-9-5-21(3)6-10-24)19-28(36)33-30-32-27(23-11-13-25(31)14-12-23)18-35(30)26-15-7-22(4)8-16-26/h5-16,18,20H,17,19H2,1-4H3,(H,32,33,36). The van der Waals surface area contributed by atoms with Gasteiger partial charge in [0.2, 0.25) is 11.9 Å². The van der Waals surface area contributed by atoms with Crippen LogP contribution in [0.1, 0.15) is 35.3 Å². The van der Waals surface area contributed by atoms with E-state index in [9.17, 15) is 9.59 Å². The molecule has 0 saturated heterocycles. The van der Waals surface area contributed by atoms with Gasteiger partial charge in [-0.15, -0.1) is 0 Å². The molecule has 190 valence electrons. The second kappa shape index (κ2) is 11.4. The van der Waals surface area contributed by atoms with Gasteiger partial charge in [-0.2, -0.15) is 0 Å². The van der Waals surface area contributed by atoms with Gasteiger partial charge < -0.3 is 4.90 Å². The number of benzene rings is 3. The summed E-state index contributed by atoms with van der Waals surface area (Å²) in [6, 6.07) is 22.8. The number of nitrogens with one attached hydrogen (secondary N) is 1. The fourth-order valence-electron chi connectivity index (χ4n) is 4.01. The van der Waals surface area contributed by atoms with Crippen molar-refractivity contribution in [2.24, 2.45) is 5.92 Å². The maximum Gasteiger partial charge on any atom is 0.254 e. The molecule has 0 aliphatic carbocycles. The molecule has 0 bridgehead atoms. The summed E-state index contributed by atoms with van der Waals surface area (Å²) < 4.78 is 1.84. The molecule has 0 aliphatic heterocycles. The van der Waals surface area contributed by atoms with Crippen molar-refractivity contribution in [3.8, 4) is 16.9 Å². The molecule has 7 heteroatoms. The van der Waals surface area contributed by atoms with Crippen LogP contribution < -0.4 is 5.32 Å². The number of rotatable bonds is 8. The van der Waals surface area contributed by atoms with Gasteiger partial charge in [-0.05, 0) is 56.2 Å². The number of anilines is 1. The Morgan fingerprint density at radius 1 is 0.919 bits per heavy atom. The Kier molecular flexibility index (Phi) is 8.09. The first-order valence-corrected chi connectivity index (χ1v) is 12.7. The first-order valence-electron chi connectivity index (χ1n) is 12.3. The maximum atomic E-state index is 13.2. The molecule has 0 unspecified atom stereocenters. The predicted octanol–water partition coefficient (Wildman–Crippen LogP) is 6.55. The molecule has 0 spiro atoms. The van der Waals surface area contributed by atoms with Crippen LogP contribution in [0.4, 0.5) is 5.95 Å². The highest BCUT2D eigenvalue weighted by molar-refractivity contribution is 6.30. The lowest BCUT2D eigenvalue weighted by atomic mass is 10.1. The third-order valence-corrected chi connectivity index (χ3v) is 6.17. The van der Waals surface area contributed by atoms with E-state index in [4.69, 9.17) is 16.6 Å². The quantitative estimate of drug-likeness (QED) is 0.290. The molecule has 1 aromatic heterocycles. The molecule has 4 aromatic rings. The van der Waals surface area contributed by atoms with Crippen molar-refractivity contribution in [3.63, 3.8) is 0 Å². The van der Waals surface area contributed by atoms with Gasteiger partial charge in [-0.25, -0.2) is 4.98 Å². The summed E-state index contributed by atoms with van der Waals surface area (Å²) in [5.74, 6) is 0.0923. The zero-order valence-electron chi connectivity index (χ0n) is 21.5. The van der Waals surface area contributed by atoms with Crippen LogP contribution in [0.5, 0.6) is 0 Å². The van der Waals surface area contributed by atoms with Crippen molar-refractivity contribution in [2.75, 3.05) is 18.4 Å². The van der Waals surface area contributed by atoms with Crippen LogP contribution in [0.25, 0.3) is 16.9 Å². The van der Waals surface area contributed by atoms with Crippen molar-refractivity contribution in [1.29, 1.82) is 0 Å². The number of hydrogen-bond acceptors (Lipinski definition) is 3. The van der Waals surface area contributed by atoms with Crippen LogP contribution in [-0.2, 0) is 4.79 Å². The zero-order chi connectivity index (χ0) is 26.5. The van der Waals surface area contributed by atoms with Gasteiger partial charge in [0.05, 0.1) is 5.69 Å². The summed E-state index contributed by atoms with van der Waals surface area (Å²) in [6.07, 6.45) is 1.88. The van der Waals surface area contributed by atoms with E-state index < -0.39 is 0 Å². The molecule has 6 nitrogen and oxygen atoms in total. The molecule has 0 radical (unpaired) electrons. The molecule has 4 rings (SSSR count). The number of aromatic nitrogens is 2. The van der Waals surface area contributed by atoms with Gasteiger partial charge in [0.25, 0.3) is 5.91 Å². The molecular formula is C30H31ClN4O2. The number of nitrogens with zero attached hydrogens (tertiary/aromatic N) is 3. The van der Waals surface area contributed by atoms with E-state index >= 15 is 0 Å². The topological polar surface area (TPSA) is 67.2 Å². The van der Waals surface area contributed by atoms with E-state index in [1.807, 2.05) is 87.0 Å². The summed E-state index contributed by atoms with van der Waals surface area (Å²) in [6.45, 7) is 8.42. The summed E-state index contributed by atoms with van der Waals surface area (Å²) in [5.41, 5.74) is 5.20. The first-order chi connectivity index (χ1) is 17.7. The molecule has 0 saturated carbocycles. The van der Waals surface area contributed by atoms with Gasteiger partial charge in [0.1, 0.15) is 6.54 Å². The molecule has 0 aliphatic rings. The van der Waals surface area contributed by atoms with Gasteiger partial charge in [-0.3, -0.25) is 19.5 Å². The van der Waals surface area contributed by atoms with E-state index in [0.29, 0.717) is 28.8 Å². The van der Waals surface area contributed by atoms with Gasteiger partial charge in [-0.1, -0.05) is 73.0 Å². The Labute approximate surface area is 222 Å². The third kappa shape index (κ3) is 6.66. The monoisotopic (exact) mass is 514 g/mol. The SMILES string of the molecule is Cc1ccc(C(=O)N(CC(=O)Nc2nc(-c3ccc(Cl)cc3)cn2-c2ccc(C)cc2)CC(C)C)cc1. The van der Waals surface area contributed by atoms with Crippen LogP contribution in [0.2, 0.25) is 5.02 Å². The lowest BCUT2D eigenvalue weighted by molar-refractivity contribution is -0.117. The fourth-order valence-corrected chi connectivity index (χ4v) is 4.13. The Morgan fingerprint density at radius 2 is 1.51 bits per heavy atom. The van der Waals surface area contributed by atoms with Crippen molar-refractivity contribution < 1.29 is 9.59 Å². The molecule has 37 heavy (non-hydrogen) atoms. The van der Waals surface area contributed by atoms with Crippen LogP contribution in [-0.4, -0.2) is 39.4 Å². The molecule has 3 aromatic carbocycles. The van der Waals surface area contributed by atoms with Gasteiger partial charge in [0, 0.05) is 34.6 Å². The lowest BCUT2D eigenvalue weighted by Crippen LogP contribution is -2.40. The average Bonchev–Trinajstić information content (AvgIpc) is 3.27. The summed E-state index contributed by atoms with van der Waals surface area (Å²) in [5, 5.41) is 3.58. The number of aryl methyl sites for hydroxylation is 2. The minimum atomic E-state index is -0.317. The molecule has 1 N–H and O–H groups in total. The summed E-state index contributed by atoms with van der Waals surface area (Å²) in [7, 11) is 0. The summed E-state index contributed by atoms with van der Waals surface area (Å²) >= 11 is 6.06. The number of amides is 2. The highest BCUT2D eigenvalue weighted by Crippen LogP contribution is 2.26.